The minimum atomic E-state index is -3.57. The summed E-state index contributed by atoms with van der Waals surface area (Å²) in [5.74, 6) is -0.608. The van der Waals surface area contributed by atoms with E-state index in [9.17, 15) is 12.8 Å². The van der Waals surface area contributed by atoms with Crippen molar-refractivity contribution in [3.8, 4) is 6.07 Å². The van der Waals surface area contributed by atoms with Gasteiger partial charge in [-0.1, -0.05) is 12.1 Å². The Kier molecular flexibility index (Phi) is 4.24. The van der Waals surface area contributed by atoms with Gasteiger partial charge in [-0.05, 0) is 42.0 Å². The van der Waals surface area contributed by atoms with Crippen LogP contribution in [0.25, 0.3) is 0 Å². The molecule has 0 unspecified atom stereocenters. The van der Waals surface area contributed by atoms with Crippen molar-refractivity contribution in [2.24, 2.45) is 0 Å². The molecule has 6 heteroatoms. The molecule has 108 valence electrons. The van der Waals surface area contributed by atoms with E-state index in [2.05, 4.69) is 0 Å². The first kappa shape index (κ1) is 15.0. The van der Waals surface area contributed by atoms with Crippen LogP contribution in [0.5, 0.6) is 0 Å². The molecule has 0 radical (unpaired) electrons. The van der Waals surface area contributed by atoms with Gasteiger partial charge < -0.3 is 0 Å². The third kappa shape index (κ3) is 3.58. The fraction of sp³-hybridized carbons (Fsp3) is 0.133. The third-order valence-corrected chi connectivity index (χ3v) is 4.78. The Labute approximate surface area is 123 Å². The highest BCUT2D eigenvalue weighted by Gasteiger charge is 2.19. The lowest BCUT2D eigenvalue weighted by molar-refractivity contribution is 0.593. The SMILES string of the molecule is CN(c1ccc(F)cc1)S(=O)(=O)Cc1ccc(C#N)cc1. The minimum Gasteiger partial charge on any atom is -0.273 e. The summed E-state index contributed by atoms with van der Waals surface area (Å²) in [7, 11) is -2.15. The van der Waals surface area contributed by atoms with Gasteiger partial charge in [0.15, 0.2) is 0 Å². The first-order valence-electron chi connectivity index (χ1n) is 6.13. The lowest BCUT2D eigenvalue weighted by Crippen LogP contribution is -2.27. The molecule has 0 aliphatic carbocycles. The highest BCUT2D eigenvalue weighted by molar-refractivity contribution is 7.92. The molecule has 0 atom stereocenters. The van der Waals surface area contributed by atoms with Crippen LogP contribution in [0.3, 0.4) is 0 Å². The van der Waals surface area contributed by atoms with Crippen LogP contribution in [0, 0.1) is 17.1 Å². The van der Waals surface area contributed by atoms with Gasteiger partial charge in [0.2, 0.25) is 10.0 Å². The maximum Gasteiger partial charge on any atom is 0.239 e. The van der Waals surface area contributed by atoms with E-state index >= 15 is 0 Å². The number of halogens is 1. The van der Waals surface area contributed by atoms with Gasteiger partial charge in [0, 0.05) is 7.05 Å². The molecule has 4 nitrogen and oxygen atoms in total. The van der Waals surface area contributed by atoms with E-state index < -0.39 is 15.8 Å². The predicted octanol–water partition coefficient (Wildman–Crippen LogP) is 2.66. The van der Waals surface area contributed by atoms with Crippen LogP contribution in [-0.4, -0.2) is 15.5 Å². The van der Waals surface area contributed by atoms with Crippen LogP contribution >= 0.6 is 0 Å². The first-order chi connectivity index (χ1) is 9.92. The summed E-state index contributed by atoms with van der Waals surface area (Å²) in [5.41, 5.74) is 1.45. The van der Waals surface area contributed by atoms with E-state index in [0.717, 1.165) is 4.31 Å². The van der Waals surface area contributed by atoms with E-state index in [4.69, 9.17) is 5.26 Å². The van der Waals surface area contributed by atoms with E-state index in [-0.39, 0.29) is 5.75 Å². The maximum atomic E-state index is 12.9. The highest BCUT2D eigenvalue weighted by Crippen LogP contribution is 2.19. The van der Waals surface area contributed by atoms with Gasteiger partial charge in [-0.15, -0.1) is 0 Å². The Morgan fingerprint density at radius 1 is 1.10 bits per heavy atom. The van der Waals surface area contributed by atoms with Crippen molar-refractivity contribution in [2.75, 3.05) is 11.4 Å². The van der Waals surface area contributed by atoms with Gasteiger partial charge in [-0.2, -0.15) is 5.26 Å². The monoisotopic (exact) mass is 304 g/mol. The molecule has 2 aromatic carbocycles. The Morgan fingerprint density at radius 3 is 2.19 bits per heavy atom. The lowest BCUT2D eigenvalue weighted by atomic mass is 10.2. The number of rotatable bonds is 4. The number of nitriles is 1. The molecule has 0 aliphatic rings. The number of anilines is 1. The molecule has 2 aromatic rings. The second kappa shape index (κ2) is 5.94. The average molecular weight is 304 g/mol. The standard InChI is InChI=1S/C15H13FN2O2S/c1-18(15-8-6-14(16)7-9-15)21(19,20)11-13-4-2-12(10-17)3-5-13/h2-9H,11H2,1H3. The fourth-order valence-corrected chi connectivity index (χ4v) is 3.04. The Hall–Kier alpha value is -2.39. The minimum absolute atomic E-state index is 0.188. The van der Waals surface area contributed by atoms with Crippen molar-refractivity contribution in [1.29, 1.82) is 5.26 Å². The fourth-order valence-electron chi connectivity index (χ4n) is 1.79. The van der Waals surface area contributed by atoms with Crippen LogP contribution in [0.15, 0.2) is 48.5 Å². The molecular formula is C15H13FN2O2S. The van der Waals surface area contributed by atoms with Crippen LogP contribution in [-0.2, 0) is 15.8 Å². The summed E-state index contributed by atoms with van der Waals surface area (Å²) >= 11 is 0. The van der Waals surface area contributed by atoms with E-state index in [1.54, 1.807) is 24.3 Å². The number of benzene rings is 2. The predicted molar refractivity (Wildman–Crippen MR) is 78.6 cm³/mol. The summed E-state index contributed by atoms with van der Waals surface area (Å²) in [5, 5.41) is 8.71. The second-order valence-electron chi connectivity index (χ2n) is 4.51. The van der Waals surface area contributed by atoms with Crippen molar-refractivity contribution in [2.45, 2.75) is 5.75 Å². The number of hydrogen-bond acceptors (Lipinski definition) is 3. The molecule has 0 N–H and O–H groups in total. The van der Waals surface area contributed by atoms with Crippen molar-refractivity contribution >= 4 is 15.7 Å². The third-order valence-electron chi connectivity index (χ3n) is 3.04. The topological polar surface area (TPSA) is 61.2 Å². The molecular weight excluding hydrogens is 291 g/mol. The molecule has 0 amide bonds. The van der Waals surface area contributed by atoms with Gasteiger partial charge in [0.25, 0.3) is 0 Å². The molecule has 0 aliphatic heterocycles. The summed E-state index contributed by atoms with van der Waals surface area (Å²) < 4.78 is 38.6. The number of hydrogen-bond donors (Lipinski definition) is 0. The number of nitrogens with zero attached hydrogens (tertiary/aromatic N) is 2. The normalized spacial score (nSPS) is 10.9. The van der Waals surface area contributed by atoms with E-state index in [1.807, 2.05) is 6.07 Å². The van der Waals surface area contributed by atoms with Crippen molar-refractivity contribution in [3.63, 3.8) is 0 Å². The van der Waals surface area contributed by atoms with Crippen LogP contribution in [0.1, 0.15) is 11.1 Å². The molecule has 0 saturated carbocycles. The Bertz CT molecular complexity index is 763. The van der Waals surface area contributed by atoms with Crippen molar-refractivity contribution < 1.29 is 12.8 Å². The smallest absolute Gasteiger partial charge is 0.239 e. The molecule has 0 bridgehead atoms. The number of sulfonamides is 1. The summed E-state index contributed by atoms with van der Waals surface area (Å²) in [6.45, 7) is 0. The largest absolute Gasteiger partial charge is 0.273 e. The summed E-state index contributed by atoms with van der Waals surface area (Å²) in [6.07, 6.45) is 0. The summed E-state index contributed by atoms with van der Waals surface area (Å²) in [6, 6.07) is 13.6. The van der Waals surface area contributed by atoms with Crippen LogP contribution in [0.4, 0.5) is 10.1 Å². The van der Waals surface area contributed by atoms with Gasteiger partial charge in [0.05, 0.1) is 23.1 Å². The Balaban J connectivity index is 2.21. The molecule has 0 aromatic heterocycles. The molecule has 0 fully saturated rings. The van der Waals surface area contributed by atoms with Gasteiger partial charge in [-0.3, -0.25) is 4.31 Å². The van der Waals surface area contributed by atoms with Crippen LogP contribution < -0.4 is 4.31 Å². The zero-order valence-electron chi connectivity index (χ0n) is 11.3. The molecule has 0 saturated heterocycles. The van der Waals surface area contributed by atoms with Gasteiger partial charge in [-0.25, -0.2) is 12.8 Å². The van der Waals surface area contributed by atoms with E-state index in [1.165, 1.54) is 31.3 Å². The van der Waals surface area contributed by atoms with Crippen molar-refractivity contribution in [1.82, 2.24) is 0 Å². The lowest BCUT2D eigenvalue weighted by Gasteiger charge is -2.19. The zero-order valence-corrected chi connectivity index (χ0v) is 12.1. The Morgan fingerprint density at radius 2 is 1.67 bits per heavy atom. The highest BCUT2D eigenvalue weighted by atomic mass is 32.2. The van der Waals surface area contributed by atoms with E-state index in [0.29, 0.717) is 16.8 Å². The first-order valence-corrected chi connectivity index (χ1v) is 7.74. The van der Waals surface area contributed by atoms with Crippen LogP contribution in [0.2, 0.25) is 0 Å². The molecule has 2 rings (SSSR count). The average Bonchev–Trinajstić information content (AvgIpc) is 2.48. The zero-order chi connectivity index (χ0) is 15.5. The molecule has 0 spiro atoms. The second-order valence-corrected chi connectivity index (χ2v) is 6.51. The molecule has 0 heterocycles. The molecule has 21 heavy (non-hydrogen) atoms. The van der Waals surface area contributed by atoms with Gasteiger partial charge in [0.1, 0.15) is 5.82 Å². The summed E-state index contributed by atoms with van der Waals surface area (Å²) in [4.78, 5) is 0. The van der Waals surface area contributed by atoms with Gasteiger partial charge >= 0.3 is 0 Å². The maximum absolute atomic E-state index is 12.9. The quantitative estimate of drug-likeness (QED) is 0.872. The van der Waals surface area contributed by atoms with Crippen molar-refractivity contribution in [3.05, 3.63) is 65.5 Å².